The number of thiocarbonyl (C=S) groups is 1. The summed E-state index contributed by atoms with van der Waals surface area (Å²) in [4.78, 5) is 19.5. The summed E-state index contributed by atoms with van der Waals surface area (Å²) in [7, 11) is 0. The molecule has 0 bridgehead atoms. The fourth-order valence-electron chi connectivity index (χ4n) is 5.39. The molecule has 2 aromatic carbocycles. The number of hydrogen-bond donors (Lipinski definition) is 1. The van der Waals surface area contributed by atoms with Gasteiger partial charge in [-0.25, -0.2) is 0 Å². The van der Waals surface area contributed by atoms with E-state index in [1.165, 1.54) is 41.9 Å². The van der Waals surface area contributed by atoms with E-state index in [1.54, 1.807) is 23.9 Å². The lowest BCUT2D eigenvalue weighted by Gasteiger charge is -2.28. The first-order valence-corrected chi connectivity index (χ1v) is 13.8. The molecule has 4 aromatic rings. The molecule has 1 aliphatic heterocycles. The van der Waals surface area contributed by atoms with E-state index < -0.39 is 0 Å². The second-order valence-corrected chi connectivity index (χ2v) is 11.3. The number of nitrogens with one attached hydrogen (secondary N) is 1. The molecular weight excluding hydrogens is 514 g/mol. The molecule has 0 radical (unpaired) electrons. The van der Waals surface area contributed by atoms with Crippen molar-refractivity contribution in [3.63, 3.8) is 0 Å². The number of aryl methyl sites for hydroxylation is 1. The van der Waals surface area contributed by atoms with Crippen LogP contribution in [0.15, 0.2) is 88.8 Å². The first kappa shape index (κ1) is 24.6. The number of non-ortho nitro benzene ring substituents is 1. The van der Waals surface area contributed by atoms with E-state index in [-0.39, 0.29) is 22.7 Å². The second kappa shape index (κ2) is 9.89. The van der Waals surface area contributed by atoms with Gasteiger partial charge in [-0.05, 0) is 99.1 Å². The van der Waals surface area contributed by atoms with Gasteiger partial charge in [0.25, 0.3) is 5.69 Å². The van der Waals surface area contributed by atoms with Gasteiger partial charge in [0.1, 0.15) is 0 Å². The van der Waals surface area contributed by atoms with Crippen LogP contribution in [0, 0.1) is 24.0 Å². The topological polar surface area (TPSA) is 76.2 Å². The van der Waals surface area contributed by atoms with E-state index in [0.29, 0.717) is 11.2 Å². The van der Waals surface area contributed by atoms with Crippen molar-refractivity contribution < 1.29 is 4.92 Å². The van der Waals surface area contributed by atoms with Crippen LogP contribution in [0.4, 0.5) is 11.4 Å². The van der Waals surface area contributed by atoms with E-state index in [9.17, 15) is 10.1 Å². The Bertz CT molecular complexity index is 1500. The van der Waals surface area contributed by atoms with Gasteiger partial charge < -0.3 is 14.8 Å². The molecule has 192 valence electrons. The summed E-state index contributed by atoms with van der Waals surface area (Å²) in [6.07, 6.45) is 4.30. The van der Waals surface area contributed by atoms with Crippen LogP contribution < -0.4 is 10.2 Å². The van der Waals surface area contributed by atoms with Crippen LogP contribution in [0.25, 0.3) is 0 Å². The molecule has 9 heteroatoms. The molecular formula is C29H27N5O2S2. The maximum absolute atomic E-state index is 11.0. The van der Waals surface area contributed by atoms with Gasteiger partial charge in [-0.15, -0.1) is 0 Å². The third-order valence-electron chi connectivity index (χ3n) is 7.25. The molecule has 3 heterocycles. The van der Waals surface area contributed by atoms with Crippen LogP contribution in [-0.4, -0.2) is 19.6 Å². The zero-order valence-electron chi connectivity index (χ0n) is 21.1. The third-order valence-corrected chi connectivity index (χ3v) is 8.58. The third kappa shape index (κ3) is 4.56. The Balaban J connectivity index is 1.34. The summed E-state index contributed by atoms with van der Waals surface area (Å²) in [5, 5.41) is 15.2. The largest absolute Gasteiger partial charge is 0.351 e. The predicted octanol–water partition coefficient (Wildman–Crippen LogP) is 7.07. The van der Waals surface area contributed by atoms with Crippen molar-refractivity contribution in [3.05, 3.63) is 112 Å². The van der Waals surface area contributed by atoms with E-state index >= 15 is 0 Å². The smallest absolute Gasteiger partial charge is 0.269 e. The highest BCUT2D eigenvalue weighted by atomic mass is 32.2. The van der Waals surface area contributed by atoms with E-state index in [2.05, 4.69) is 70.0 Å². The molecule has 2 atom stereocenters. The Labute approximate surface area is 231 Å². The van der Waals surface area contributed by atoms with Crippen LogP contribution >= 0.6 is 24.0 Å². The summed E-state index contributed by atoms with van der Waals surface area (Å²) in [6, 6.07) is 23.8. The van der Waals surface area contributed by atoms with Crippen molar-refractivity contribution in [1.82, 2.24) is 14.9 Å². The average Bonchev–Trinajstić information content (AvgIpc) is 3.63. The normalized spacial score (nSPS) is 19.0. The van der Waals surface area contributed by atoms with Gasteiger partial charge in [0.05, 0.1) is 22.7 Å². The lowest BCUT2D eigenvalue weighted by Crippen LogP contribution is -2.29. The minimum absolute atomic E-state index is 0.0377. The Morgan fingerprint density at radius 1 is 1.03 bits per heavy atom. The van der Waals surface area contributed by atoms with Crippen LogP contribution in [0.5, 0.6) is 0 Å². The molecule has 1 saturated carbocycles. The van der Waals surface area contributed by atoms with Gasteiger partial charge in [-0.1, -0.05) is 17.8 Å². The number of rotatable bonds is 7. The van der Waals surface area contributed by atoms with Gasteiger partial charge in [-0.3, -0.25) is 15.1 Å². The second-order valence-electron chi connectivity index (χ2n) is 9.77. The van der Waals surface area contributed by atoms with E-state index in [1.807, 2.05) is 18.3 Å². The van der Waals surface area contributed by atoms with Crippen molar-refractivity contribution in [2.75, 3.05) is 4.90 Å². The Morgan fingerprint density at radius 2 is 1.71 bits per heavy atom. The Kier molecular flexibility index (Phi) is 6.41. The molecule has 1 saturated heterocycles. The van der Waals surface area contributed by atoms with Gasteiger partial charge in [0.15, 0.2) is 5.11 Å². The summed E-state index contributed by atoms with van der Waals surface area (Å²) in [5.41, 5.74) is 5.90. The van der Waals surface area contributed by atoms with E-state index in [4.69, 9.17) is 12.2 Å². The van der Waals surface area contributed by atoms with Crippen LogP contribution in [0.1, 0.15) is 53.6 Å². The number of nitrogens with zero attached hydrogens (tertiary/aromatic N) is 4. The number of nitro benzene ring substituents is 1. The van der Waals surface area contributed by atoms with Crippen molar-refractivity contribution in [2.24, 2.45) is 0 Å². The maximum Gasteiger partial charge on any atom is 0.269 e. The number of pyridine rings is 1. The quantitative estimate of drug-likeness (QED) is 0.152. The van der Waals surface area contributed by atoms with Crippen LogP contribution in [0.2, 0.25) is 0 Å². The number of anilines is 1. The fraction of sp³-hybridized carbons (Fsp3) is 0.241. The number of benzene rings is 2. The zero-order chi connectivity index (χ0) is 26.4. The van der Waals surface area contributed by atoms with Crippen LogP contribution in [0.3, 0.4) is 0 Å². The first-order chi connectivity index (χ1) is 18.4. The standard InChI is InChI=1S/C29H27N5O2S2/c1-18-17-25(19(2)32(18)20-6-7-20)28-27(26-5-3-4-16-30-26)31-29(37)33(28)21-8-12-23(13-9-21)38-24-14-10-22(11-15-24)34(35)36/h3-5,8-17,20,27-28H,6-7H2,1-2H3,(H,31,37)/t27-,28-/m0/s1. The van der Waals surface area contributed by atoms with Crippen molar-refractivity contribution in [3.8, 4) is 0 Å². The lowest BCUT2D eigenvalue weighted by molar-refractivity contribution is -0.384. The van der Waals surface area contributed by atoms with Crippen molar-refractivity contribution >= 4 is 40.5 Å². The molecule has 7 nitrogen and oxygen atoms in total. The maximum atomic E-state index is 11.0. The van der Waals surface area contributed by atoms with Crippen molar-refractivity contribution in [2.45, 2.75) is 54.6 Å². The Hall–Kier alpha value is -3.69. The van der Waals surface area contributed by atoms with Crippen molar-refractivity contribution in [1.29, 1.82) is 0 Å². The summed E-state index contributed by atoms with van der Waals surface area (Å²) < 4.78 is 2.48. The number of hydrogen-bond acceptors (Lipinski definition) is 5. The Morgan fingerprint density at radius 3 is 2.32 bits per heavy atom. The molecule has 1 aliphatic carbocycles. The van der Waals surface area contributed by atoms with Gasteiger partial charge in [-0.2, -0.15) is 0 Å². The van der Waals surface area contributed by atoms with Crippen LogP contribution in [-0.2, 0) is 0 Å². The minimum atomic E-state index is -0.382. The average molecular weight is 542 g/mol. The highest BCUT2D eigenvalue weighted by molar-refractivity contribution is 7.99. The molecule has 1 N–H and O–H groups in total. The lowest BCUT2D eigenvalue weighted by atomic mass is 9.96. The summed E-state index contributed by atoms with van der Waals surface area (Å²) >= 11 is 7.48. The van der Waals surface area contributed by atoms with Gasteiger partial charge >= 0.3 is 0 Å². The van der Waals surface area contributed by atoms with Gasteiger partial charge in [0.2, 0.25) is 0 Å². The fourth-order valence-corrected chi connectivity index (χ4v) is 6.55. The minimum Gasteiger partial charge on any atom is -0.351 e. The molecule has 0 unspecified atom stereocenters. The van der Waals surface area contributed by atoms with E-state index in [0.717, 1.165) is 21.2 Å². The summed E-state index contributed by atoms with van der Waals surface area (Å²) in [6.45, 7) is 4.42. The number of aromatic nitrogens is 2. The summed E-state index contributed by atoms with van der Waals surface area (Å²) in [5.74, 6) is 0. The highest BCUT2D eigenvalue weighted by Gasteiger charge is 2.43. The molecule has 38 heavy (non-hydrogen) atoms. The molecule has 2 aliphatic rings. The predicted molar refractivity (Wildman–Crippen MR) is 154 cm³/mol. The first-order valence-electron chi connectivity index (χ1n) is 12.6. The van der Waals surface area contributed by atoms with Gasteiger partial charge in [0, 0.05) is 51.2 Å². The molecule has 2 fully saturated rings. The molecule has 0 spiro atoms. The molecule has 6 rings (SSSR count). The molecule has 2 aromatic heterocycles. The zero-order valence-corrected chi connectivity index (χ0v) is 22.7. The highest BCUT2D eigenvalue weighted by Crippen LogP contribution is 2.46. The SMILES string of the molecule is Cc1cc([C@H]2[C@H](c3ccccn3)NC(=S)N2c2ccc(Sc3ccc([N+](=O)[O-])cc3)cc2)c(C)n1C1CC1. The molecule has 0 amide bonds. The number of nitro groups is 1. The monoisotopic (exact) mass is 541 g/mol.